The third-order valence-electron chi connectivity index (χ3n) is 7.29. The number of anilines is 3. The molecule has 2 aliphatic heterocycles. The van der Waals surface area contributed by atoms with Crippen LogP contribution in [0.25, 0.3) is 17.0 Å². The summed E-state index contributed by atoms with van der Waals surface area (Å²) in [5.41, 5.74) is 0.156. The van der Waals surface area contributed by atoms with Crippen LogP contribution in [0.15, 0.2) is 42.5 Å². The number of ether oxygens (including phenoxy) is 1. The number of aromatic nitrogens is 5. The third kappa shape index (κ3) is 5.78. The number of halogens is 6. The van der Waals surface area contributed by atoms with E-state index in [1.54, 1.807) is 0 Å². The Kier molecular flexibility index (Phi) is 7.51. The smallest absolute Gasteiger partial charge is 0.382 e. The lowest BCUT2D eigenvalue weighted by molar-refractivity contribution is -0.137. The van der Waals surface area contributed by atoms with Crippen LogP contribution in [-0.2, 0) is 10.9 Å². The van der Waals surface area contributed by atoms with E-state index in [0.717, 1.165) is 28.8 Å². The molecule has 0 spiro atoms. The summed E-state index contributed by atoms with van der Waals surface area (Å²) in [5, 5.41) is 3.28. The van der Waals surface area contributed by atoms with Crippen LogP contribution in [0.1, 0.15) is 30.7 Å². The van der Waals surface area contributed by atoms with Gasteiger partial charge in [-0.05, 0) is 49.2 Å². The van der Waals surface area contributed by atoms with E-state index in [1.807, 2.05) is 9.80 Å². The monoisotopic (exact) mass is 592 g/mol. The number of hydrogen-bond donors (Lipinski definition) is 1. The van der Waals surface area contributed by atoms with Gasteiger partial charge >= 0.3 is 6.18 Å². The van der Waals surface area contributed by atoms with Gasteiger partial charge in [0.2, 0.25) is 17.8 Å². The summed E-state index contributed by atoms with van der Waals surface area (Å²) in [6.45, 7) is 2.91. The zero-order valence-electron chi connectivity index (χ0n) is 22.2. The van der Waals surface area contributed by atoms with Crippen molar-refractivity contribution in [2.45, 2.75) is 31.5 Å². The lowest BCUT2D eigenvalue weighted by Crippen LogP contribution is -2.41. The molecule has 2 aromatic heterocycles. The van der Waals surface area contributed by atoms with Crippen molar-refractivity contribution in [2.75, 3.05) is 54.5 Å². The maximum Gasteiger partial charge on any atom is 0.416 e. The van der Waals surface area contributed by atoms with Gasteiger partial charge in [0.15, 0.2) is 5.82 Å². The Morgan fingerprint density at radius 3 is 2.05 bits per heavy atom. The van der Waals surface area contributed by atoms with E-state index in [1.165, 1.54) is 18.2 Å². The molecule has 9 nitrogen and oxygen atoms in total. The van der Waals surface area contributed by atoms with Gasteiger partial charge in [0.05, 0.1) is 29.8 Å². The molecule has 0 saturated carbocycles. The van der Waals surface area contributed by atoms with Gasteiger partial charge < -0.3 is 19.9 Å². The van der Waals surface area contributed by atoms with Gasteiger partial charge in [0, 0.05) is 44.0 Å². The van der Waals surface area contributed by atoms with E-state index in [4.69, 9.17) is 4.74 Å². The van der Waals surface area contributed by atoms with E-state index < -0.39 is 29.8 Å². The van der Waals surface area contributed by atoms with E-state index in [2.05, 4.69) is 25.3 Å². The minimum Gasteiger partial charge on any atom is -0.382 e. The van der Waals surface area contributed by atoms with Crippen LogP contribution >= 0.6 is 0 Å². The molecular weight excluding hydrogens is 566 g/mol. The van der Waals surface area contributed by atoms with Crippen molar-refractivity contribution < 1.29 is 31.1 Å². The summed E-state index contributed by atoms with van der Waals surface area (Å²) in [4.78, 5) is 21.5. The highest BCUT2D eigenvalue weighted by atomic mass is 19.4. The predicted octanol–water partition coefficient (Wildman–Crippen LogP) is 5.22. The summed E-state index contributed by atoms with van der Waals surface area (Å²) < 4.78 is 87.4. The average Bonchev–Trinajstić information content (AvgIpc) is 3.37. The van der Waals surface area contributed by atoms with Crippen molar-refractivity contribution in [3.8, 4) is 5.95 Å². The Balaban J connectivity index is 1.28. The van der Waals surface area contributed by atoms with Crippen molar-refractivity contribution in [3.05, 3.63) is 59.7 Å². The number of rotatable bonds is 6. The molecule has 1 N–H and O–H groups in total. The fourth-order valence-corrected chi connectivity index (χ4v) is 5.13. The second-order valence-electron chi connectivity index (χ2n) is 10.1. The Hall–Kier alpha value is -4.14. The van der Waals surface area contributed by atoms with Crippen LogP contribution in [0.3, 0.4) is 0 Å². The van der Waals surface area contributed by atoms with Crippen LogP contribution in [0.2, 0.25) is 0 Å². The molecule has 2 aliphatic rings. The number of alkyl halides is 5. The number of hydrogen-bond acceptors (Lipinski definition) is 8. The number of imidazole rings is 1. The lowest BCUT2D eigenvalue weighted by Gasteiger charge is -2.34. The Morgan fingerprint density at radius 1 is 0.810 bits per heavy atom. The first-order chi connectivity index (χ1) is 20.2. The summed E-state index contributed by atoms with van der Waals surface area (Å²) in [6.07, 6.45) is -6.11. The highest BCUT2D eigenvalue weighted by Gasteiger charge is 2.31. The minimum atomic E-state index is -4.40. The molecule has 2 aromatic carbocycles. The standard InChI is InChI=1S/C27H26F6N8O/c28-17-3-6-21-20(15-17)35-23(22(29)30)41(21)26-37-24(36-25(38-26)40-11-13-42-14-12-40)39-9-7-19(8-10-39)34-18-4-1-16(2-5-18)27(31,32)33/h1-6,15,19,22,34H,7-14H2. The van der Waals surface area contributed by atoms with Crippen LogP contribution in [-0.4, -0.2) is 69.9 Å². The Labute approximate surface area is 236 Å². The summed E-state index contributed by atoms with van der Waals surface area (Å²) in [7, 11) is 0. The molecule has 0 amide bonds. The maximum absolute atomic E-state index is 14.1. The van der Waals surface area contributed by atoms with E-state index in [9.17, 15) is 26.3 Å². The SMILES string of the molecule is Fc1ccc2c(c1)nc(C(F)F)n2-c1nc(N2CCOCC2)nc(N2CCC(Nc3ccc(C(F)(F)F)cc3)CC2)n1. The van der Waals surface area contributed by atoms with Gasteiger partial charge in [0.25, 0.3) is 6.43 Å². The van der Waals surface area contributed by atoms with E-state index >= 15 is 0 Å². The Bertz CT molecular complexity index is 1550. The number of benzene rings is 2. The van der Waals surface area contributed by atoms with Crippen molar-refractivity contribution in [1.29, 1.82) is 0 Å². The Morgan fingerprint density at radius 2 is 1.43 bits per heavy atom. The first-order valence-corrected chi connectivity index (χ1v) is 13.4. The van der Waals surface area contributed by atoms with Gasteiger partial charge in [-0.2, -0.15) is 28.1 Å². The summed E-state index contributed by atoms with van der Waals surface area (Å²) >= 11 is 0. The molecule has 0 bridgehead atoms. The van der Waals surface area contributed by atoms with Gasteiger partial charge in [-0.15, -0.1) is 0 Å². The minimum absolute atomic E-state index is 0.00377. The molecule has 222 valence electrons. The zero-order valence-corrected chi connectivity index (χ0v) is 22.2. The summed E-state index contributed by atoms with van der Waals surface area (Å²) in [6, 6.07) is 8.49. The normalized spacial score (nSPS) is 16.9. The second kappa shape index (κ2) is 11.3. The van der Waals surface area contributed by atoms with Crippen LogP contribution in [0.4, 0.5) is 43.9 Å². The van der Waals surface area contributed by atoms with Crippen LogP contribution in [0.5, 0.6) is 0 Å². The average molecular weight is 593 g/mol. The molecule has 4 heterocycles. The molecule has 0 aliphatic carbocycles. The van der Waals surface area contributed by atoms with Crippen molar-refractivity contribution in [1.82, 2.24) is 24.5 Å². The van der Waals surface area contributed by atoms with Crippen molar-refractivity contribution in [2.24, 2.45) is 0 Å². The molecule has 42 heavy (non-hydrogen) atoms. The molecule has 2 fully saturated rings. The largest absolute Gasteiger partial charge is 0.416 e. The lowest BCUT2D eigenvalue weighted by atomic mass is 10.0. The van der Waals surface area contributed by atoms with Gasteiger partial charge in [0.1, 0.15) is 5.82 Å². The number of nitrogens with one attached hydrogen (secondary N) is 1. The molecule has 2 saturated heterocycles. The van der Waals surface area contributed by atoms with Crippen molar-refractivity contribution >= 4 is 28.6 Å². The second-order valence-corrected chi connectivity index (χ2v) is 10.1. The van der Waals surface area contributed by atoms with Crippen LogP contribution in [0, 0.1) is 5.82 Å². The first kappa shape index (κ1) is 28.0. The molecule has 15 heteroatoms. The highest BCUT2D eigenvalue weighted by molar-refractivity contribution is 5.78. The van der Waals surface area contributed by atoms with Gasteiger partial charge in [-0.3, -0.25) is 4.57 Å². The van der Waals surface area contributed by atoms with Gasteiger partial charge in [-0.25, -0.2) is 18.2 Å². The number of piperidine rings is 1. The molecule has 6 rings (SSSR count). The fraction of sp³-hybridized carbons (Fsp3) is 0.407. The van der Waals surface area contributed by atoms with E-state index in [0.29, 0.717) is 69.8 Å². The maximum atomic E-state index is 14.1. The van der Waals surface area contributed by atoms with Crippen molar-refractivity contribution in [3.63, 3.8) is 0 Å². The predicted molar refractivity (Wildman–Crippen MR) is 143 cm³/mol. The number of fused-ring (bicyclic) bond motifs is 1. The molecular formula is C27H26F6N8O. The fourth-order valence-electron chi connectivity index (χ4n) is 5.13. The summed E-state index contributed by atoms with van der Waals surface area (Å²) in [5.74, 6) is -0.687. The molecule has 4 aromatic rings. The number of morpholine rings is 1. The van der Waals surface area contributed by atoms with Crippen LogP contribution < -0.4 is 15.1 Å². The quantitative estimate of drug-likeness (QED) is 0.305. The van der Waals surface area contributed by atoms with Gasteiger partial charge in [-0.1, -0.05) is 0 Å². The number of nitrogens with zero attached hydrogens (tertiary/aromatic N) is 7. The highest BCUT2D eigenvalue weighted by Crippen LogP contribution is 2.31. The molecule has 0 unspecified atom stereocenters. The first-order valence-electron chi connectivity index (χ1n) is 13.4. The third-order valence-corrected chi connectivity index (χ3v) is 7.29. The van der Waals surface area contributed by atoms with E-state index in [-0.39, 0.29) is 23.0 Å². The molecule has 0 radical (unpaired) electrons. The zero-order chi connectivity index (χ0) is 29.4. The molecule has 0 atom stereocenters. The topological polar surface area (TPSA) is 84.2 Å².